The van der Waals surface area contributed by atoms with Crippen molar-refractivity contribution in [3.63, 3.8) is 0 Å². The van der Waals surface area contributed by atoms with E-state index in [0.29, 0.717) is 11.3 Å². The first-order valence-corrected chi connectivity index (χ1v) is 9.06. The van der Waals surface area contributed by atoms with E-state index >= 15 is 0 Å². The van der Waals surface area contributed by atoms with Gasteiger partial charge >= 0.3 is 0 Å². The number of nitrogens with zero attached hydrogens (tertiary/aromatic N) is 1. The van der Waals surface area contributed by atoms with Gasteiger partial charge in [0.1, 0.15) is 11.8 Å². The number of rotatable bonds is 6. The van der Waals surface area contributed by atoms with E-state index < -0.39 is 0 Å². The Morgan fingerprint density at radius 2 is 1.92 bits per heavy atom. The lowest BCUT2D eigenvalue weighted by atomic mass is 10.0. The van der Waals surface area contributed by atoms with Gasteiger partial charge in [0.2, 0.25) is 0 Å². The van der Waals surface area contributed by atoms with E-state index in [2.05, 4.69) is 11.4 Å². The van der Waals surface area contributed by atoms with Crippen LogP contribution in [0.3, 0.4) is 0 Å². The maximum atomic E-state index is 12.4. The Labute approximate surface area is 156 Å². The van der Waals surface area contributed by atoms with Crippen LogP contribution in [0.1, 0.15) is 27.6 Å². The van der Waals surface area contributed by atoms with Gasteiger partial charge in [0, 0.05) is 4.88 Å². The summed E-state index contributed by atoms with van der Waals surface area (Å²) >= 11 is 1.59. The molecule has 0 radical (unpaired) electrons. The maximum absolute atomic E-state index is 12.4. The lowest BCUT2D eigenvalue weighted by Crippen LogP contribution is -2.33. The number of ether oxygens (including phenoxy) is 1. The molecule has 2 aromatic carbocycles. The van der Waals surface area contributed by atoms with Crippen molar-refractivity contribution in [3.05, 3.63) is 87.6 Å². The number of nitrogens with one attached hydrogen (secondary N) is 1. The van der Waals surface area contributed by atoms with Crippen LogP contribution in [0.15, 0.2) is 66.0 Å². The van der Waals surface area contributed by atoms with Crippen LogP contribution in [0.25, 0.3) is 0 Å². The van der Waals surface area contributed by atoms with Crippen LogP contribution in [-0.4, -0.2) is 12.5 Å². The minimum Gasteiger partial charge on any atom is -0.482 e. The van der Waals surface area contributed by atoms with Crippen LogP contribution >= 0.6 is 11.3 Å². The zero-order chi connectivity index (χ0) is 18.4. The van der Waals surface area contributed by atoms with Gasteiger partial charge in [-0.05, 0) is 36.1 Å². The van der Waals surface area contributed by atoms with Gasteiger partial charge < -0.3 is 10.1 Å². The lowest BCUT2D eigenvalue weighted by Gasteiger charge is -2.18. The van der Waals surface area contributed by atoms with Crippen molar-refractivity contribution in [1.29, 1.82) is 5.26 Å². The molecule has 0 saturated carbocycles. The number of carbonyl (C=O) groups excluding carboxylic acids is 1. The van der Waals surface area contributed by atoms with E-state index in [-0.39, 0.29) is 18.6 Å². The summed E-state index contributed by atoms with van der Waals surface area (Å²) in [5, 5.41) is 14.1. The molecular weight excluding hydrogens is 344 g/mol. The standard InChI is InChI=1S/C21H18N2O2S/c1-15-8-10-16(11-9-15)21(19-7-4-12-26-19)23-20(24)14-25-18-6-3-2-5-17(18)13-22/h2-12,21H,14H2,1H3,(H,23,24). The Balaban J connectivity index is 1.72. The fourth-order valence-electron chi connectivity index (χ4n) is 2.56. The third kappa shape index (κ3) is 4.29. The number of amides is 1. The molecule has 1 heterocycles. The van der Waals surface area contributed by atoms with Gasteiger partial charge in [-0.25, -0.2) is 0 Å². The molecule has 0 bridgehead atoms. The summed E-state index contributed by atoms with van der Waals surface area (Å²) in [5.41, 5.74) is 2.60. The summed E-state index contributed by atoms with van der Waals surface area (Å²) in [6.45, 7) is 1.88. The van der Waals surface area contributed by atoms with E-state index in [1.165, 1.54) is 5.56 Å². The minimum absolute atomic E-state index is 0.146. The second kappa shape index (κ2) is 8.32. The zero-order valence-corrected chi connectivity index (χ0v) is 15.1. The summed E-state index contributed by atoms with van der Waals surface area (Å²) in [5.74, 6) is 0.171. The average Bonchev–Trinajstić information content (AvgIpc) is 3.20. The Morgan fingerprint density at radius 1 is 1.15 bits per heavy atom. The van der Waals surface area contributed by atoms with E-state index in [1.807, 2.05) is 48.7 Å². The summed E-state index contributed by atoms with van der Waals surface area (Å²) in [6.07, 6.45) is 0. The van der Waals surface area contributed by atoms with E-state index in [0.717, 1.165) is 10.4 Å². The van der Waals surface area contributed by atoms with E-state index in [4.69, 9.17) is 10.00 Å². The topological polar surface area (TPSA) is 62.1 Å². The predicted molar refractivity (Wildman–Crippen MR) is 102 cm³/mol. The van der Waals surface area contributed by atoms with Crippen molar-refractivity contribution in [3.8, 4) is 11.8 Å². The minimum atomic E-state index is -0.239. The second-order valence-corrected chi connectivity index (χ2v) is 6.80. The number of thiophene rings is 1. The summed E-state index contributed by atoms with van der Waals surface area (Å²) in [4.78, 5) is 13.5. The number of hydrogen-bond acceptors (Lipinski definition) is 4. The van der Waals surface area contributed by atoms with E-state index in [1.54, 1.807) is 35.6 Å². The molecule has 5 heteroatoms. The molecule has 0 aliphatic carbocycles. The van der Waals surface area contributed by atoms with Gasteiger partial charge in [-0.15, -0.1) is 11.3 Å². The number of aryl methyl sites for hydroxylation is 1. The van der Waals surface area contributed by atoms with Gasteiger partial charge in [0.15, 0.2) is 6.61 Å². The summed E-state index contributed by atoms with van der Waals surface area (Å²) in [6, 6.07) is 20.8. The molecule has 1 aromatic heterocycles. The van der Waals surface area contributed by atoms with Gasteiger partial charge in [-0.3, -0.25) is 4.79 Å². The van der Waals surface area contributed by atoms with Crippen molar-refractivity contribution in [2.75, 3.05) is 6.61 Å². The predicted octanol–water partition coefficient (Wildman–Crippen LogP) is 4.21. The zero-order valence-electron chi connectivity index (χ0n) is 14.3. The first-order valence-electron chi connectivity index (χ1n) is 8.18. The smallest absolute Gasteiger partial charge is 0.258 e. The molecule has 1 unspecified atom stereocenters. The molecule has 0 spiro atoms. The monoisotopic (exact) mass is 362 g/mol. The average molecular weight is 362 g/mol. The number of hydrogen-bond donors (Lipinski definition) is 1. The van der Waals surface area contributed by atoms with Crippen LogP contribution in [0.5, 0.6) is 5.75 Å². The molecule has 0 saturated heterocycles. The highest BCUT2D eigenvalue weighted by molar-refractivity contribution is 7.10. The Kier molecular flexibility index (Phi) is 5.67. The summed E-state index contributed by atoms with van der Waals surface area (Å²) in [7, 11) is 0. The second-order valence-electron chi connectivity index (χ2n) is 5.82. The number of nitriles is 1. The van der Waals surface area contributed by atoms with Gasteiger partial charge in [-0.1, -0.05) is 48.0 Å². The molecule has 0 aliphatic rings. The lowest BCUT2D eigenvalue weighted by molar-refractivity contribution is -0.123. The Hall–Kier alpha value is -3.10. The van der Waals surface area contributed by atoms with Crippen LogP contribution in [-0.2, 0) is 4.79 Å². The first-order chi connectivity index (χ1) is 12.7. The van der Waals surface area contributed by atoms with Gasteiger partial charge in [0.25, 0.3) is 5.91 Å². The van der Waals surface area contributed by atoms with Crippen LogP contribution < -0.4 is 10.1 Å². The SMILES string of the molecule is Cc1ccc(C(NC(=O)COc2ccccc2C#N)c2cccs2)cc1. The highest BCUT2D eigenvalue weighted by Gasteiger charge is 2.18. The number of benzene rings is 2. The molecule has 3 aromatic rings. The van der Waals surface area contributed by atoms with Crippen LogP contribution in [0.4, 0.5) is 0 Å². The highest BCUT2D eigenvalue weighted by atomic mass is 32.1. The normalized spacial score (nSPS) is 11.4. The third-order valence-electron chi connectivity index (χ3n) is 3.91. The maximum Gasteiger partial charge on any atom is 0.258 e. The molecule has 4 nitrogen and oxygen atoms in total. The Morgan fingerprint density at radius 3 is 2.62 bits per heavy atom. The van der Waals surface area contributed by atoms with E-state index in [9.17, 15) is 4.79 Å². The first kappa shape index (κ1) is 17.7. The van der Waals surface area contributed by atoms with Crippen molar-refractivity contribution >= 4 is 17.2 Å². The quantitative estimate of drug-likeness (QED) is 0.714. The molecular formula is C21H18N2O2S. The van der Waals surface area contributed by atoms with Crippen LogP contribution in [0.2, 0.25) is 0 Å². The van der Waals surface area contributed by atoms with Gasteiger partial charge in [0.05, 0.1) is 11.6 Å². The number of carbonyl (C=O) groups is 1. The molecule has 26 heavy (non-hydrogen) atoms. The fraction of sp³-hybridized carbons (Fsp3) is 0.143. The van der Waals surface area contributed by atoms with Crippen molar-refractivity contribution in [1.82, 2.24) is 5.32 Å². The molecule has 1 atom stereocenters. The molecule has 130 valence electrons. The fourth-order valence-corrected chi connectivity index (χ4v) is 3.37. The molecule has 0 fully saturated rings. The van der Waals surface area contributed by atoms with Crippen LogP contribution in [0, 0.1) is 18.3 Å². The summed E-state index contributed by atoms with van der Waals surface area (Å²) < 4.78 is 5.53. The Bertz CT molecular complexity index is 912. The molecule has 1 N–H and O–H groups in total. The molecule has 1 amide bonds. The highest BCUT2D eigenvalue weighted by Crippen LogP contribution is 2.26. The third-order valence-corrected chi connectivity index (χ3v) is 4.85. The molecule has 3 rings (SSSR count). The molecule has 0 aliphatic heterocycles. The van der Waals surface area contributed by atoms with Crippen molar-refractivity contribution in [2.24, 2.45) is 0 Å². The van der Waals surface area contributed by atoms with Crippen molar-refractivity contribution in [2.45, 2.75) is 13.0 Å². The number of para-hydroxylation sites is 1. The van der Waals surface area contributed by atoms with Crippen molar-refractivity contribution < 1.29 is 9.53 Å². The van der Waals surface area contributed by atoms with Gasteiger partial charge in [-0.2, -0.15) is 5.26 Å². The largest absolute Gasteiger partial charge is 0.482 e.